The summed E-state index contributed by atoms with van der Waals surface area (Å²) in [6, 6.07) is 3.53. The molecule has 1 nitrogen and oxygen atoms in total. The molecule has 0 atom stereocenters. The zero-order chi connectivity index (χ0) is 10.1. The second kappa shape index (κ2) is 3.81. The lowest BCUT2D eigenvalue weighted by Crippen LogP contribution is -2.15. The smallest absolute Gasteiger partial charge is 0.128 e. The Morgan fingerprint density at radius 1 is 1.36 bits per heavy atom. The van der Waals surface area contributed by atoms with Crippen LogP contribution in [0.2, 0.25) is 0 Å². The molecule has 74 valence electrons. The average Bonchev–Trinajstić information content (AvgIpc) is 2.17. The summed E-state index contributed by atoms with van der Waals surface area (Å²) in [5, 5.41) is 0. The Hall–Kier alpha value is -0.700. The van der Waals surface area contributed by atoms with Crippen LogP contribution in [0.4, 0.5) is 4.39 Å². The monoisotopic (exact) mass is 255 g/mol. The molecular weight excluding hydrogens is 245 g/mol. The SMILES string of the molecule is CN=C1CCc2cc(Br)cc(F)c2C1. The number of hydrogen-bond acceptors (Lipinski definition) is 1. The van der Waals surface area contributed by atoms with Gasteiger partial charge in [0.1, 0.15) is 5.82 Å². The summed E-state index contributed by atoms with van der Waals surface area (Å²) in [6.45, 7) is 0. The van der Waals surface area contributed by atoms with Crippen molar-refractivity contribution >= 4 is 21.6 Å². The molecule has 1 aromatic rings. The molecule has 0 saturated heterocycles. The normalized spacial score (nSPS) is 18.4. The first-order chi connectivity index (χ1) is 6.70. The zero-order valence-corrected chi connectivity index (χ0v) is 9.57. The van der Waals surface area contributed by atoms with Crippen LogP contribution >= 0.6 is 15.9 Å². The molecule has 0 bridgehead atoms. The summed E-state index contributed by atoms with van der Waals surface area (Å²) < 4.78 is 14.4. The third-order valence-electron chi connectivity index (χ3n) is 2.63. The van der Waals surface area contributed by atoms with Crippen LogP contribution in [0, 0.1) is 5.82 Å². The molecule has 3 heteroatoms. The molecule has 0 aliphatic heterocycles. The maximum absolute atomic E-state index is 13.6. The van der Waals surface area contributed by atoms with E-state index in [1.165, 1.54) is 6.07 Å². The lowest BCUT2D eigenvalue weighted by Gasteiger charge is -2.18. The second-order valence-electron chi connectivity index (χ2n) is 3.49. The molecule has 0 N–H and O–H groups in total. The Labute approximate surface area is 91.2 Å². The van der Waals surface area contributed by atoms with Gasteiger partial charge in [0.05, 0.1) is 0 Å². The van der Waals surface area contributed by atoms with Crippen molar-refractivity contribution in [1.82, 2.24) is 0 Å². The maximum atomic E-state index is 13.6. The molecule has 0 heterocycles. The molecule has 0 unspecified atom stereocenters. The third-order valence-corrected chi connectivity index (χ3v) is 3.09. The molecule has 0 aromatic heterocycles. The standard InChI is InChI=1S/C11H11BrFN/c1-14-9-3-2-7-4-8(12)5-11(13)10(7)6-9/h4-5H,2-3,6H2,1H3. The number of hydrogen-bond donors (Lipinski definition) is 0. The summed E-state index contributed by atoms with van der Waals surface area (Å²) in [4.78, 5) is 4.15. The van der Waals surface area contributed by atoms with Crippen LogP contribution in [-0.2, 0) is 12.8 Å². The van der Waals surface area contributed by atoms with Crippen LogP contribution in [-0.4, -0.2) is 12.8 Å². The lowest BCUT2D eigenvalue weighted by atomic mass is 9.90. The van der Waals surface area contributed by atoms with Gasteiger partial charge in [-0.15, -0.1) is 0 Å². The molecule has 0 radical (unpaired) electrons. The highest BCUT2D eigenvalue weighted by Gasteiger charge is 2.17. The Balaban J connectivity index is 2.47. The van der Waals surface area contributed by atoms with E-state index < -0.39 is 0 Å². The van der Waals surface area contributed by atoms with Gasteiger partial charge >= 0.3 is 0 Å². The van der Waals surface area contributed by atoms with Crippen LogP contribution < -0.4 is 0 Å². The molecule has 0 saturated carbocycles. The van der Waals surface area contributed by atoms with Gasteiger partial charge in [0.2, 0.25) is 0 Å². The van der Waals surface area contributed by atoms with Gasteiger partial charge in [0.25, 0.3) is 0 Å². The van der Waals surface area contributed by atoms with Gasteiger partial charge in [-0.25, -0.2) is 4.39 Å². The number of aryl methyl sites for hydroxylation is 1. The van der Waals surface area contributed by atoms with E-state index in [9.17, 15) is 4.39 Å². The minimum absolute atomic E-state index is 0.116. The van der Waals surface area contributed by atoms with Crippen molar-refractivity contribution in [3.63, 3.8) is 0 Å². The van der Waals surface area contributed by atoms with E-state index >= 15 is 0 Å². The minimum atomic E-state index is -0.116. The van der Waals surface area contributed by atoms with E-state index in [0.29, 0.717) is 6.42 Å². The van der Waals surface area contributed by atoms with Crippen molar-refractivity contribution in [2.24, 2.45) is 4.99 Å². The fraction of sp³-hybridized carbons (Fsp3) is 0.364. The molecular formula is C11H11BrFN. The number of rotatable bonds is 0. The second-order valence-corrected chi connectivity index (χ2v) is 4.41. The Bertz CT molecular complexity index is 399. The number of aliphatic imine (C=N–C) groups is 1. The Morgan fingerprint density at radius 3 is 2.86 bits per heavy atom. The van der Waals surface area contributed by atoms with E-state index in [2.05, 4.69) is 20.9 Å². The summed E-state index contributed by atoms with van der Waals surface area (Å²) in [5.41, 5.74) is 3.03. The summed E-state index contributed by atoms with van der Waals surface area (Å²) in [6.07, 6.45) is 2.53. The van der Waals surface area contributed by atoms with Crippen molar-refractivity contribution in [1.29, 1.82) is 0 Å². The first kappa shape index (κ1) is 9.84. The molecule has 14 heavy (non-hydrogen) atoms. The van der Waals surface area contributed by atoms with Gasteiger partial charge in [-0.3, -0.25) is 4.99 Å². The van der Waals surface area contributed by atoms with E-state index in [1.807, 2.05) is 6.07 Å². The first-order valence-corrected chi connectivity index (χ1v) is 5.41. The van der Waals surface area contributed by atoms with Crippen LogP contribution in [0.1, 0.15) is 17.5 Å². The Kier molecular flexibility index (Phi) is 2.68. The molecule has 1 aromatic carbocycles. The Morgan fingerprint density at radius 2 is 2.14 bits per heavy atom. The van der Waals surface area contributed by atoms with Crippen molar-refractivity contribution in [2.45, 2.75) is 19.3 Å². The molecule has 0 amide bonds. The fourth-order valence-corrected chi connectivity index (χ4v) is 2.32. The van der Waals surface area contributed by atoms with Crippen molar-refractivity contribution in [3.05, 3.63) is 33.5 Å². The summed E-state index contributed by atoms with van der Waals surface area (Å²) in [5.74, 6) is -0.116. The van der Waals surface area contributed by atoms with Gasteiger partial charge in [-0.05, 0) is 36.1 Å². The highest BCUT2D eigenvalue weighted by Crippen LogP contribution is 2.26. The van der Waals surface area contributed by atoms with E-state index in [0.717, 1.165) is 34.2 Å². The summed E-state index contributed by atoms with van der Waals surface area (Å²) in [7, 11) is 1.77. The van der Waals surface area contributed by atoms with E-state index in [1.54, 1.807) is 7.05 Å². The predicted octanol–water partition coefficient (Wildman–Crippen LogP) is 3.15. The zero-order valence-electron chi connectivity index (χ0n) is 7.98. The topological polar surface area (TPSA) is 12.4 Å². The first-order valence-electron chi connectivity index (χ1n) is 4.62. The number of nitrogens with zero attached hydrogens (tertiary/aromatic N) is 1. The van der Waals surface area contributed by atoms with E-state index in [-0.39, 0.29) is 5.82 Å². The van der Waals surface area contributed by atoms with Gasteiger partial charge in [-0.2, -0.15) is 0 Å². The van der Waals surface area contributed by atoms with Gasteiger partial charge in [0, 0.05) is 23.7 Å². The lowest BCUT2D eigenvalue weighted by molar-refractivity contribution is 0.608. The van der Waals surface area contributed by atoms with Crippen molar-refractivity contribution < 1.29 is 4.39 Å². The van der Waals surface area contributed by atoms with Crippen LogP contribution in [0.5, 0.6) is 0 Å². The molecule has 1 aliphatic rings. The number of halogens is 2. The van der Waals surface area contributed by atoms with E-state index in [4.69, 9.17) is 0 Å². The van der Waals surface area contributed by atoms with Crippen LogP contribution in [0.25, 0.3) is 0 Å². The largest absolute Gasteiger partial charge is 0.297 e. The maximum Gasteiger partial charge on any atom is 0.128 e. The summed E-state index contributed by atoms with van der Waals surface area (Å²) >= 11 is 3.30. The molecule has 1 aliphatic carbocycles. The molecule has 0 fully saturated rings. The highest BCUT2D eigenvalue weighted by atomic mass is 79.9. The van der Waals surface area contributed by atoms with Crippen molar-refractivity contribution in [3.8, 4) is 0 Å². The minimum Gasteiger partial charge on any atom is -0.297 e. The predicted molar refractivity (Wildman–Crippen MR) is 59.5 cm³/mol. The van der Waals surface area contributed by atoms with Crippen LogP contribution in [0.15, 0.2) is 21.6 Å². The number of fused-ring (bicyclic) bond motifs is 1. The molecule has 2 rings (SSSR count). The number of benzene rings is 1. The van der Waals surface area contributed by atoms with Gasteiger partial charge < -0.3 is 0 Å². The third kappa shape index (κ3) is 1.73. The quantitative estimate of drug-likeness (QED) is 0.676. The van der Waals surface area contributed by atoms with Gasteiger partial charge in [0.15, 0.2) is 0 Å². The molecule has 0 spiro atoms. The van der Waals surface area contributed by atoms with Crippen molar-refractivity contribution in [2.75, 3.05) is 7.05 Å². The highest BCUT2D eigenvalue weighted by molar-refractivity contribution is 9.10. The average molecular weight is 256 g/mol. The van der Waals surface area contributed by atoms with Gasteiger partial charge in [-0.1, -0.05) is 15.9 Å². The fourth-order valence-electron chi connectivity index (χ4n) is 1.84. The van der Waals surface area contributed by atoms with Crippen LogP contribution in [0.3, 0.4) is 0 Å².